The quantitative estimate of drug-likeness (QED) is 0.753. The van der Waals surface area contributed by atoms with E-state index in [4.69, 9.17) is 10.00 Å². The van der Waals surface area contributed by atoms with Crippen molar-refractivity contribution in [2.24, 2.45) is 0 Å². The zero-order valence-corrected chi connectivity index (χ0v) is 8.88. The first-order valence-electron chi connectivity index (χ1n) is 5.10. The molecule has 0 aromatic carbocycles. The molecule has 0 saturated heterocycles. The van der Waals surface area contributed by atoms with Crippen molar-refractivity contribution in [2.45, 2.75) is 31.9 Å². The van der Waals surface area contributed by atoms with Gasteiger partial charge in [0.25, 0.3) is 5.88 Å². The van der Waals surface area contributed by atoms with E-state index in [1.165, 1.54) is 4.68 Å². The molecule has 0 spiro atoms. The van der Waals surface area contributed by atoms with Crippen molar-refractivity contribution in [1.29, 1.82) is 5.26 Å². The van der Waals surface area contributed by atoms with Crippen LogP contribution in [-0.2, 0) is 4.79 Å². The summed E-state index contributed by atoms with van der Waals surface area (Å²) < 4.78 is 7.00. The molecule has 1 heterocycles. The van der Waals surface area contributed by atoms with Gasteiger partial charge in [-0.15, -0.1) is 5.10 Å². The van der Waals surface area contributed by atoms with Crippen LogP contribution < -0.4 is 10.1 Å². The molecule has 6 heteroatoms. The number of hydrogen-bond donors (Lipinski definition) is 1. The maximum absolute atomic E-state index is 10.4. The van der Waals surface area contributed by atoms with E-state index in [1.807, 2.05) is 0 Å². The van der Waals surface area contributed by atoms with Crippen LogP contribution in [0.15, 0.2) is 6.20 Å². The number of hydrogen-bond acceptors (Lipinski definition) is 4. The molecule has 0 unspecified atom stereocenters. The smallest absolute Gasteiger partial charge is 0.257 e. The number of carbonyl (C=O) groups is 1. The third-order valence-corrected chi connectivity index (χ3v) is 2.30. The highest BCUT2D eigenvalue weighted by molar-refractivity contribution is 5.73. The molecular weight excluding hydrogens is 208 g/mol. The Balaban J connectivity index is 2.21. The molecule has 0 aliphatic heterocycles. The molecule has 2 rings (SSSR count). The Bertz CT molecular complexity index is 431. The van der Waals surface area contributed by atoms with Gasteiger partial charge in [0.15, 0.2) is 0 Å². The van der Waals surface area contributed by atoms with Gasteiger partial charge in [-0.2, -0.15) is 5.26 Å². The summed E-state index contributed by atoms with van der Waals surface area (Å²) in [6.07, 6.45) is 4.40. The number of rotatable bonds is 5. The van der Waals surface area contributed by atoms with Gasteiger partial charge >= 0.3 is 0 Å². The molecule has 0 radical (unpaired) electrons. The molecule has 1 aliphatic carbocycles. The first kappa shape index (κ1) is 10.5. The Labute approximate surface area is 92.8 Å². The van der Waals surface area contributed by atoms with Crippen molar-refractivity contribution >= 4 is 12.1 Å². The first-order chi connectivity index (χ1) is 7.74. The van der Waals surface area contributed by atoms with Gasteiger partial charge in [-0.25, -0.2) is 4.68 Å². The third kappa shape index (κ3) is 2.14. The number of nitrogens with zero attached hydrogens (tertiary/aromatic N) is 3. The van der Waals surface area contributed by atoms with Crippen LogP contribution >= 0.6 is 0 Å². The van der Waals surface area contributed by atoms with Gasteiger partial charge in [-0.1, -0.05) is 0 Å². The fraction of sp³-hybridized carbons (Fsp3) is 0.500. The third-order valence-electron chi connectivity index (χ3n) is 2.30. The minimum Gasteiger partial charge on any atom is -0.472 e. The van der Waals surface area contributed by atoms with E-state index in [2.05, 4.69) is 16.5 Å². The summed E-state index contributed by atoms with van der Waals surface area (Å²) in [5.74, 6) is 0.386. The Kier molecular flexibility index (Phi) is 2.77. The summed E-state index contributed by atoms with van der Waals surface area (Å²) in [7, 11) is 0. The first-order valence-corrected chi connectivity index (χ1v) is 5.10. The van der Waals surface area contributed by atoms with E-state index in [9.17, 15) is 4.79 Å². The standard InChI is InChI=1S/C10H12N4O2/c1-7(4-11)14-5-9(12-6-15)10(13-14)16-8-2-3-8/h5-8H,2-3H2,1H3,(H,12,15)/t7-/m1/s1. The van der Waals surface area contributed by atoms with Crippen LogP contribution in [0.2, 0.25) is 0 Å². The Morgan fingerprint density at radius 2 is 2.56 bits per heavy atom. The van der Waals surface area contributed by atoms with Crippen LogP contribution in [0.5, 0.6) is 5.88 Å². The zero-order chi connectivity index (χ0) is 11.5. The lowest BCUT2D eigenvalue weighted by Crippen LogP contribution is -2.04. The molecule has 0 bridgehead atoms. The van der Waals surface area contributed by atoms with E-state index in [-0.39, 0.29) is 12.1 Å². The van der Waals surface area contributed by atoms with Crippen LogP contribution in [0.1, 0.15) is 25.8 Å². The second-order valence-electron chi connectivity index (χ2n) is 3.71. The number of carbonyl (C=O) groups excluding carboxylic acids is 1. The van der Waals surface area contributed by atoms with Crippen LogP contribution in [0.3, 0.4) is 0 Å². The van der Waals surface area contributed by atoms with Gasteiger partial charge in [-0.3, -0.25) is 4.79 Å². The SMILES string of the molecule is C[C@H](C#N)n1cc(NC=O)c(OC2CC2)n1. The largest absolute Gasteiger partial charge is 0.472 e. The van der Waals surface area contributed by atoms with Gasteiger partial charge in [0.1, 0.15) is 17.8 Å². The predicted octanol–water partition coefficient (Wildman–Crippen LogP) is 1.08. The van der Waals surface area contributed by atoms with Gasteiger partial charge in [-0.05, 0) is 19.8 Å². The molecule has 16 heavy (non-hydrogen) atoms. The van der Waals surface area contributed by atoms with E-state index in [0.29, 0.717) is 18.0 Å². The summed E-state index contributed by atoms with van der Waals surface area (Å²) >= 11 is 0. The van der Waals surface area contributed by atoms with E-state index in [1.54, 1.807) is 13.1 Å². The monoisotopic (exact) mass is 220 g/mol. The molecule has 1 aromatic rings. The Morgan fingerprint density at radius 3 is 3.12 bits per heavy atom. The normalized spacial score (nSPS) is 16.2. The highest BCUT2D eigenvalue weighted by Gasteiger charge is 2.26. The highest BCUT2D eigenvalue weighted by Crippen LogP contribution is 2.31. The maximum atomic E-state index is 10.4. The molecule has 1 atom stereocenters. The van der Waals surface area contributed by atoms with Crippen molar-refractivity contribution in [3.05, 3.63) is 6.20 Å². The van der Waals surface area contributed by atoms with E-state index in [0.717, 1.165) is 12.8 Å². The number of aromatic nitrogens is 2. The summed E-state index contributed by atoms with van der Waals surface area (Å²) in [6.45, 7) is 1.72. The van der Waals surface area contributed by atoms with Crippen LogP contribution in [-0.4, -0.2) is 22.3 Å². The fourth-order valence-electron chi connectivity index (χ4n) is 1.23. The van der Waals surface area contributed by atoms with Crippen molar-refractivity contribution in [1.82, 2.24) is 9.78 Å². The van der Waals surface area contributed by atoms with Crippen molar-refractivity contribution in [3.8, 4) is 11.9 Å². The molecule has 1 saturated carbocycles. The molecule has 1 aromatic heterocycles. The number of anilines is 1. The van der Waals surface area contributed by atoms with Crippen LogP contribution in [0.4, 0.5) is 5.69 Å². The number of nitriles is 1. The second kappa shape index (κ2) is 4.23. The molecule has 6 nitrogen and oxygen atoms in total. The van der Waals surface area contributed by atoms with Gasteiger partial charge in [0.2, 0.25) is 6.41 Å². The number of amides is 1. The lowest BCUT2D eigenvalue weighted by Gasteiger charge is -2.02. The predicted molar refractivity (Wildman–Crippen MR) is 55.9 cm³/mol. The van der Waals surface area contributed by atoms with Crippen molar-refractivity contribution in [3.63, 3.8) is 0 Å². The van der Waals surface area contributed by atoms with Gasteiger partial charge in [0.05, 0.1) is 12.3 Å². The average molecular weight is 220 g/mol. The molecule has 1 fully saturated rings. The fourth-order valence-corrected chi connectivity index (χ4v) is 1.23. The summed E-state index contributed by atoms with van der Waals surface area (Å²) in [5, 5.41) is 15.4. The highest BCUT2D eigenvalue weighted by atomic mass is 16.5. The lowest BCUT2D eigenvalue weighted by atomic mass is 10.4. The summed E-state index contributed by atoms with van der Waals surface area (Å²) in [5.41, 5.74) is 0.504. The summed E-state index contributed by atoms with van der Waals surface area (Å²) in [4.78, 5) is 10.4. The Morgan fingerprint density at radius 1 is 1.81 bits per heavy atom. The lowest BCUT2D eigenvalue weighted by molar-refractivity contribution is -0.105. The maximum Gasteiger partial charge on any atom is 0.257 e. The second-order valence-corrected chi connectivity index (χ2v) is 3.71. The number of nitrogens with one attached hydrogen (secondary N) is 1. The van der Waals surface area contributed by atoms with Crippen LogP contribution in [0.25, 0.3) is 0 Å². The molecule has 84 valence electrons. The molecule has 1 aliphatic rings. The Hall–Kier alpha value is -2.03. The van der Waals surface area contributed by atoms with Crippen molar-refractivity contribution in [2.75, 3.05) is 5.32 Å². The van der Waals surface area contributed by atoms with Crippen LogP contribution in [0, 0.1) is 11.3 Å². The zero-order valence-electron chi connectivity index (χ0n) is 8.88. The number of ether oxygens (including phenoxy) is 1. The minimum absolute atomic E-state index is 0.202. The molecule has 1 N–H and O–H groups in total. The van der Waals surface area contributed by atoms with Gasteiger partial charge < -0.3 is 10.1 Å². The average Bonchev–Trinajstić information content (AvgIpc) is 3.00. The van der Waals surface area contributed by atoms with Crippen molar-refractivity contribution < 1.29 is 9.53 Å². The van der Waals surface area contributed by atoms with E-state index < -0.39 is 0 Å². The minimum atomic E-state index is -0.385. The molecule has 1 amide bonds. The summed E-state index contributed by atoms with van der Waals surface area (Å²) in [6, 6.07) is 1.68. The van der Waals surface area contributed by atoms with Gasteiger partial charge in [0, 0.05) is 0 Å². The topological polar surface area (TPSA) is 79.9 Å². The molecular formula is C10H12N4O2. The van der Waals surface area contributed by atoms with E-state index >= 15 is 0 Å².